The highest BCUT2D eigenvalue weighted by molar-refractivity contribution is 5.96. The topological polar surface area (TPSA) is 64.3 Å². The van der Waals surface area contributed by atoms with Gasteiger partial charge in [-0.25, -0.2) is 0 Å². The van der Waals surface area contributed by atoms with Gasteiger partial charge in [0.05, 0.1) is 13.0 Å². The molecule has 2 rings (SSSR count). The number of methoxy groups -OCH3 is 1. The van der Waals surface area contributed by atoms with Crippen molar-refractivity contribution in [1.29, 1.82) is 0 Å². The fourth-order valence-corrected chi connectivity index (χ4v) is 2.06. The van der Waals surface area contributed by atoms with Crippen LogP contribution < -0.4 is 15.8 Å². The van der Waals surface area contributed by atoms with Crippen LogP contribution in [0.4, 0.5) is 5.69 Å². The average Bonchev–Trinajstić information content (AvgIpc) is 2.29. The Hall–Kier alpha value is -1.55. The summed E-state index contributed by atoms with van der Waals surface area (Å²) < 4.78 is 5.21. The number of ether oxygens (including phenoxy) is 1. The van der Waals surface area contributed by atoms with Gasteiger partial charge in [-0.05, 0) is 36.6 Å². The predicted molar refractivity (Wildman–Crippen MR) is 62.6 cm³/mol. The van der Waals surface area contributed by atoms with Crippen LogP contribution in [0.15, 0.2) is 12.1 Å². The largest absolute Gasteiger partial charge is 0.497 e. The maximum atomic E-state index is 11.7. The van der Waals surface area contributed by atoms with Crippen molar-refractivity contribution in [2.24, 2.45) is 11.7 Å². The molecule has 0 bridgehead atoms. The van der Waals surface area contributed by atoms with Crippen LogP contribution in [0.5, 0.6) is 5.75 Å². The lowest BCUT2D eigenvalue weighted by atomic mass is 9.91. The molecule has 1 amide bonds. The number of fused-ring (bicyclic) bond motifs is 1. The Labute approximate surface area is 94.8 Å². The van der Waals surface area contributed by atoms with Crippen molar-refractivity contribution < 1.29 is 9.53 Å². The molecule has 0 fully saturated rings. The van der Waals surface area contributed by atoms with Gasteiger partial charge in [-0.3, -0.25) is 4.79 Å². The van der Waals surface area contributed by atoms with Crippen LogP contribution in [0.3, 0.4) is 0 Å². The first-order chi connectivity index (χ1) is 7.65. The third-order valence-corrected chi connectivity index (χ3v) is 3.00. The Balaban J connectivity index is 2.43. The Kier molecular flexibility index (Phi) is 2.83. The maximum absolute atomic E-state index is 11.7. The number of anilines is 1. The maximum Gasteiger partial charge on any atom is 0.229 e. The van der Waals surface area contributed by atoms with E-state index in [2.05, 4.69) is 5.32 Å². The number of hydrogen-bond acceptors (Lipinski definition) is 3. The van der Waals surface area contributed by atoms with Crippen molar-refractivity contribution >= 4 is 11.6 Å². The number of hydrogen-bond donors (Lipinski definition) is 2. The van der Waals surface area contributed by atoms with Gasteiger partial charge in [0.15, 0.2) is 0 Å². The highest BCUT2D eigenvalue weighted by atomic mass is 16.5. The van der Waals surface area contributed by atoms with Crippen molar-refractivity contribution in [1.82, 2.24) is 0 Å². The molecule has 3 N–H and O–H groups in total. The van der Waals surface area contributed by atoms with Gasteiger partial charge >= 0.3 is 0 Å². The molecular formula is C12H16N2O2. The Bertz CT molecular complexity index is 429. The minimum atomic E-state index is -0.126. The first kappa shape index (κ1) is 11.0. The average molecular weight is 220 g/mol. The van der Waals surface area contributed by atoms with Crippen LogP contribution in [0.1, 0.15) is 11.1 Å². The summed E-state index contributed by atoms with van der Waals surface area (Å²) in [5.74, 6) is 0.713. The van der Waals surface area contributed by atoms with Crippen LogP contribution >= 0.6 is 0 Å². The normalized spacial score (nSPS) is 18.9. The van der Waals surface area contributed by atoms with Crippen LogP contribution in [0, 0.1) is 12.8 Å². The Morgan fingerprint density at radius 2 is 2.31 bits per heavy atom. The number of aryl methyl sites for hydroxylation is 1. The zero-order valence-electron chi connectivity index (χ0n) is 9.54. The summed E-state index contributed by atoms with van der Waals surface area (Å²) in [5.41, 5.74) is 8.61. The first-order valence-corrected chi connectivity index (χ1v) is 5.34. The molecule has 4 heteroatoms. The molecule has 0 saturated heterocycles. The van der Waals surface area contributed by atoms with Crippen LogP contribution in [0.25, 0.3) is 0 Å². The number of rotatable bonds is 2. The molecule has 0 spiro atoms. The Morgan fingerprint density at radius 1 is 1.56 bits per heavy atom. The van der Waals surface area contributed by atoms with E-state index < -0.39 is 0 Å². The van der Waals surface area contributed by atoms with Gasteiger partial charge in [0, 0.05) is 12.2 Å². The zero-order chi connectivity index (χ0) is 11.7. The number of carbonyl (C=O) groups is 1. The lowest BCUT2D eigenvalue weighted by Crippen LogP contribution is -2.35. The molecule has 4 nitrogen and oxygen atoms in total. The van der Waals surface area contributed by atoms with Gasteiger partial charge in [-0.15, -0.1) is 0 Å². The lowest BCUT2D eigenvalue weighted by Gasteiger charge is -2.25. The summed E-state index contributed by atoms with van der Waals surface area (Å²) in [6, 6.07) is 3.88. The fourth-order valence-electron chi connectivity index (χ4n) is 2.06. The van der Waals surface area contributed by atoms with E-state index in [0.717, 1.165) is 22.6 Å². The molecule has 1 unspecified atom stereocenters. The van der Waals surface area contributed by atoms with Crippen molar-refractivity contribution in [3.8, 4) is 5.75 Å². The van der Waals surface area contributed by atoms with Gasteiger partial charge in [-0.2, -0.15) is 0 Å². The van der Waals surface area contributed by atoms with E-state index >= 15 is 0 Å². The number of carbonyl (C=O) groups excluding carboxylic acids is 1. The second-order valence-electron chi connectivity index (χ2n) is 4.10. The highest BCUT2D eigenvalue weighted by Crippen LogP contribution is 2.32. The summed E-state index contributed by atoms with van der Waals surface area (Å²) in [6.45, 7) is 2.34. The molecule has 16 heavy (non-hydrogen) atoms. The monoisotopic (exact) mass is 220 g/mol. The molecule has 0 saturated carbocycles. The lowest BCUT2D eigenvalue weighted by molar-refractivity contribution is -0.119. The molecule has 0 aromatic heterocycles. The van der Waals surface area contributed by atoms with Gasteiger partial charge in [0.2, 0.25) is 5.91 Å². The molecule has 86 valence electrons. The molecule has 1 heterocycles. The van der Waals surface area contributed by atoms with Crippen molar-refractivity contribution in [2.45, 2.75) is 13.3 Å². The van der Waals surface area contributed by atoms with Gasteiger partial charge in [0.1, 0.15) is 5.75 Å². The molecule has 0 aliphatic carbocycles. The van der Waals surface area contributed by atoms with Crippen molar-refractivity contribution in [3.05, 3.63) is 23.3 Å². The van der Waals surface area contributed by atoms with E-state index in [9.17, 15) is 4.79 Å². The van der Waals surface area contributed by atoms with Gasteiger partial charge in [-0.1, -0.05) is 0 Å². The van der Waals surface area contributed by atoms with Crippen molar-refractivity contribution in [3.63, 3.8) is 0 Å². The van der Waals surface area contributed by atoms with Crippen LogP contribution in [-0.2, 0) is 11.2 Å². The number of nitrogens with one attached hydrogen (secondary N) is 1. The smallest absolute Gasteiger partial charge is 0.229 e. The third kappa shape index (κ3) is 1.76. The van der Waals surface area contributed by atoms with E-state index in [-0.39, 0.29) is 11.8 Å². The summed E-state index contributed by atoms with van der Waals surface area (Å²) in [5, 5.41) is 2.91. The number of benzene rings is 1. The van der Waals surface area contributed by atoms with E-state index in [1.54, 1.807) is 7.11 Å². The number of amides is 1. The summed E-state index contributed by atoms with van der Waals surface area (Å²) in [7, 11) is 1.64. The van der Waals surface area contributed by atoms with Gasteiger partial charge in [0.25, 0.3) is 0 Å². The van der Waals surface area contributed by atoms with Crippen LogP contribution in [0.2, 0.25) is 0 Å². The van der Waals surface area contributed by atoms with Crippen LogP contribution in [-0.4, -0.2) is 19.6 Å². The zero-order valence-corrected chi connectivity index (χ0v) is 9.54. The van der Waals surface area contributed by atoms with E-state index in [1.807, 2.05) is 19.1 Å². The predicted octanol–water partition coefficient (Wildman–Crippen LogP) is 1.07. The minimum Gasteiger partial charge on any atom is -0.497 e. The summed E-state index contributed by atoms with van der Waals surface area (Å²) in [6.07, 6.45) is 0.690. The molecule has 0 radical (unpaired) electrons. The molecule has 1 aliphatic heterocycles. The minimum absolute atomic E-state index is 0.0169. The fraction of sp³-hybridized carbons (Fsp3) is 0.417. The van der Waals surface area contributed by atoms with Crippen molar-refractivity contribution in [2.75, 3.05) is 19.0 Å². The molecule has 1 aromatic carbocycles. The SMILES string of the molecule is COc1cc(C)c2c(c1)CC(CN)C(=O)N2. The number of nitrogens with two attached hydrogens (primary N) is 1. The molecule has 1 aromatic rings. The summed E-state index contributed by atoms with van der Waals surface area (Å²) in [4.78, 5) is 11.7. The second-order valence-corrected chi connectivity index (χ2v) is 4.10. The third-order valence-electron chi connectivity index (χ3n) is 3.00. The summed E-state index contributed by atoms with van der Waals surface area (Å²) >= 11 is 0. The quantitative estimate of drug-likeness (QED) is 0.783. The standard InChI is InChI=1S/C12H16N2O2/c1-7-3-10(16-2)5-8-4-9(6-13)12(15)14-11(7)8/h3,5,9H,4,6,13H2,1-2H3,(H,14,15). The molecule has 1 atom stereocenters. The second kappa shape index (κ2) is 4.14. The molecule has 1 aliphatic rings. The molecular weight excluding hydrogens is 204 g/mol. The van der Waals surface area contributed by atoms with E-state index in [4.69, 9.17) is 10.5 Å². The van der Waals surface area contributed by atoms with E-state index in [1.165, 1.54) is 0 Å². The Morgan fingerprint density at radius 3 is 2.94 bits per heavy atom. The highest BCUT2D eigenvalue weighted by Gasteiger charge is 2.26. The van der Waals surface area contributed by atoms with Gasteiger partial charge < -0.3 is 15.8 Å². The first-order valence-electron chi connectivity index (χ1n) is 5.34. The van der Waals surface area contributed by atoms with E-state index in [0.29, 0.717) is 13.0 Å².